The van der Waals surface area contributed by atoms with Gasteiger partial charge in [-0.3, -0.25) is 0 Å². The third-order valence-corrected chi connectivity index (χ3v) is 2.24. The van der Waals surface area contributed by atoms with E-state index in [1.807, 2.05) is 44.2 Å². The molecule has 0 spiro atoms. The van der Waals surface area contributed by atoms with E-state index in [0.29, 0.717) is 12.2 Å². The molecule has 0 amide bonds. The summed E-state index contributed by atoms with van der Waals surface area (Å²) >= 11 is 0. The number of hydrogen-bond acceptors (Lipinski definition) is 2. The number of carbonyl (C=O) groups is 1. The van der Waals surface area contributed by atoms with Gasteiger partial charge in [-0.1, -0.05) is 30.3 Å². The first-order valence-corrected chi connectivity index (χ1v) is 5.26. The number of aliphatic carboxylic acids is 1. The van der Waals surface area contributed by atoms with Crippen LogP contribution in [-0.2, 0) is 9.53 Å². The zero-order chi connectivity index (χ0) is 12.0. The summed E-state index contributed by atoms with van der Waals surface area (Å²) in [5.74, 6) is -0.953. The van der Waals surface area contributed by atoms with Gasteiger partial charge in [0, 0.05) is 12.7 Å². The zero-order valence-electron chi connectivity index (χ0n) is 9.51. The van der Waals surface area contributed by atoms with Crippen LogP contribution in [0.25, 0.3) is 5.57 Å². The van der Waals surface area contributed by atoms with E-state index in [1.165, 1.54) is 6.08 Å². The third-order valence-electron chi connectivity index (χ3n) is 2.24. The highest BCUT2D eigenvalue weighted by molar-refractivity contribution is 5.91. The minimum atomic E-state index is -0.953. The van der Waals surface area contributed by atoms with Gasteiger partial charge in [-0.15, -0.1) is 0 Å². The second kappa shape index (κ2) is 6.08. The lowest BCUT2D eigenvalue weighted by Crippen LogP contribution is -2.12. The molecule has 0 aliphatic heterocycles. The maximum Gasteiger partial charge on any atom is 0.328 e. The molecule has 0 fully saturated rings. The van der Waals surface area contributed by atoms with Gasteiger partial charge >= 0.3 is 5.97 Å². The quantitative estimate of drug-likeness (QED) is 0.776. The van der Waals surface area contributed by atoms with E-state index in [0.717, 1.165) is 5.56 Å². The molecule has 3 nitrogen and oxygen atoms in total. The van der Waals surface area contributed by atoms with E-state index in [9.17, 15) is 4.79 Å². The van der Waals surface area contributed by atoms with Crippen LogP contribution in [0.15, 0.2) is 36.4 Å². The average molecular weight is 220 g/mol. The number of carboxylic acid groups (broad SMARTS) is 1. The van der Waals surface area contributed by atoms with Gasteiger partial charge in [0.15, 0.2) is 0 Å². The minimum absolute atomic E-state index is 0.219. The number of hydrogen-bond donors (Lipinski definition) is 1. The van der Waals surface area contributed by atoms with Crippen LogP contribution in [0.1, 0.15) is 19.4 Å². The van der Waals surface area contributed by atoms with Crippen LogP contribution in [0.3, 0.4) is 0 Å². The van der Waals surface area contributed by atoms with Crippen molar-refractivity contribution in [1.29, 1.82) is 0 Å². The van der Waals surface area contributed by atoms with Gasteiger partial charge in [-0.2, -0.15) is 0 Å². The van der Waals surface area contributed by atoms with Crippen molar-refractivity contribution in [3.63, 3.8) is 0 Å². The van der Waals surface area contributed by atoms with Crippen molar-refractivity contribution < 1.29 is 14.6 Å². The number of carboxylic acids is 1. The maximum absolute atomic E-state index is 10.8. The largest absolute Gasteiger partial charge is 0.478 e. The van der Waals surface area contributed by atoms with E-state index in [2.05, 4.69) is 0 Å². The summed E-state index contributed by atoms with van der Waals surface area (Å²) < 4.78 is 5.43. The van der Waals surface area contributed by atoms with Gasteiger partial charge < -0.3 is 9.84 Å². The zero-order valence-corrected chi connectivity index (χ0v) is 9.51. The molecular formula is C13H16O3. The molecule has 0 aliphatic rings. The van der Waals surface area contributed by atoms with Gasteiger partial charge in [-0.05, 0) is 25.0 Å². The summed E-state index contributed by atoms with van der Waals surface area (Å²) in [7, 11) is 0. The molecule has 0 bridgehead atoms. The van der Waals surface area contributed by atoms with Crippen LogP contribution in [0, 0.1) is 0 Å². The Bertz CT molecular complexity index is 368. The topological polar surface area (TPSA) is 46.5 Å². The monoisotopic (exact) mass is 220 g/mol. The molecule has 1 aromatic carbocycles. The Kier molecular flexibility index (Phi) is 4.73. The summed E-state index contributed by atoms with van der Waals surface area (Å²) in [6.07, 6.45) is 0.985. The summed E-state index contributed by atoms with van der Waals surface area (Å²) in [5, 5.41) is 8.83. The van der Waals surface area contributed by atoms with E-state index in [1.54, 1.807) is 0 Å². The molecule has 1 unspecified atom stereocenters. The highest BCUT2D eigenvalue weighted by atomic mass is 16.5. The molecular weight excluding hydrogens is 204 g/mol. The molecule has 1 rings (SSSR count). The number of rotatable bonds is 5. The van der Waals surface area contributed by atoms with Crippen molar-refractivity contribution in [3.05, 3.63) is 42.0 Å². The molecule has 0 saturated carbocycles. The summed E-state index contributed by atoms with van der Waals surface area (Å²) in [6, 6.07) is 9.41. The van der Waals surface area contributed by atoms with E-state index in [4.69, 9.17) is 9.84 Å². The molecule has 3 heteroatoms. The molecule has 1 aromatic rings. The van der Waals surface area contributed by atoms with Crippen molar-refractivity contribution in [3.8, 4) is 0 Å². The van der Waals surface area contributed by atoms with Crippen LogP contribution in [-0.4, -0.2) is 23.8 Å². The Balaban J connectivity index is 3.02. The number of ether oxygens (including phenoxy) is 1. The van der Waals surface area contributed by atoms with Crippen LogP contribution in [0.2, 0.25) is 0 Å². The fraction of sp³-hybridized carbons (Fsp3) is 0.308. The minimum Gasteiger partial charge on any atom is -0.478 e. The van der Waals surface area contributed by atoms with Crippen molar-refractivity contribution in [2.75, 3.05) is 6.61 Å². The first-order chi connectivity index (χ1) is 7.65. The Labute approximate surface area is 95.4 Å². The van der Waals surface area contributed by atoms with Crippen LogP contribution >= 0.6 is 0 Å². The lowest BCUT2D eigenvalue weighted by atomic mass is 10.0. The molecule has 86 valence electrons. The molecule has 0 radical (unpaired) electrons. The van der Waals surface area contributed by atoms with E-state index in [-0.39, 0.29) is 6.10 Å². The first kappa shape index (κ1) is 12.5. The summed E-state index contributed by atoms with van der Waals surface area (Å²) in [5.41, 5.74) is 1.57. The number of benzene rings is 1. The average Bonchev–Trinajstić information content (AvgIpc) is 2.27. The SMILES string of the molecule is CCOC(C)/C(=C\C(=O)O)c1ccccc1. The van der Waals surface area contributed by atoms with Gasteiger partial charge in [0.1, 0.15) is 0 Å². The lowest BCUT2D eigenvalue weighted by Gasteiger charge is -2.15. The van der Waals surface area contributed by atoms with Gasteiger partial charge in [-0.25, -0.2) is 4.79 Å². The van der Waals surface area contributed by atoms with Gasteiger partial charge in [0.05, 0.1) is 6.10 Å². The van der Waals surface area contributed by atoms with E-state index >= 15 is 0 Å². The van der Waals surface area contributed by atoms with Gasteiger partial charge in [0.2, 0.25) is 0 Å². The fourth-order valence-electron chi connectivity index (χ4n) is 1.54. The van der Waals surface area contributed by atoms with Crippen molar-refractivity contribution >= 4 is 11.5 Å². The fourth-order valence-corrected chi connectivity index (χ4v) is 1.54. The second-order valence-electron chi connectivity index (χ2n) is 3.40. The molecule has 16 heavy (non-hydrogen) atoms. The van der Waals surface area contributed by atoms with Gasteiger partial charge in [0.25, 0.3) is 0 Å². The van der Waals surface area contributed by atoms with Crippen LogP contribution in [0.4, 0.5) is 0 Å². The Hall–Kier alpha value is -1.61. The van der Waals surface area contributed by atoms with Crippen molar-refractivity contribution in [1.82, 2.24) is 0 Å². The van der Waals surface area contributed by atoms with Crippen molar-refractivity contribution in [2.24, 2.45) is 0 Å². The highest BCUT2D eigenvalue weighted by Gasteiger charge is 2.12. The third kappa shape index (κ3) is 3.51. The van der Waals surface area contributed by atoms with Crippen LogP contribution < -0.4 is 0 Å². The smallest absolute Gasteiger partial charge is 0.328 e. The molecule has 0 heterocycles. The predicted octanol–water partition coefficient (Wildman–Crippen LogP) is 2.58. The maximum atomic E-state index is 10.8. The Morgan fingerprint density at radius 2 is 2.06 bits per heavy atom. The normalized spacial score (nSPS) is 13.5. The second-order valence-corrected chi connectivity index (χ2v) is 3.40. The summed E-state index contributed by atoms with van der Waals surface area (Å²) in [4.78, 5) is 10.8. The molecule has 0 aliphatic carbocycles. The highest BCUT2D eigenvalue weighted by Crippen LogP contribution is 2.20. The van der Waals surface area contributed by atoms with E-state index < -0.39 is 5.97 Å². The Morgan fingerprint density at radius 3 is 2.56 bits per heavy atom. The molecule has 1 atom stereocenters. The first-order valence-electron chi connectivity index (χ1n) is 5.26. The lowest BCUT2D eigenvalue weighted by molar-refractivity contribution is -0.131. The Morgan fingerprint density at radius 1 is 1.44 bits per heavy atom. The molecule has 0 aromatic heterocycles. The van der Waals surface area contributed by atoms with Crippen LogP contribution in [0.5, 0.6) is 0 Å². The molecule has 0 saturated heterocycles. The summed E-state index contributed by atoms with van der Waals surface area (Å²) in [6.45, 7) is 4.30. The predicted molar refractivity (Wildman–Crippen MR) is 63.1 cm³/mol. The standard InChI is InChI=1S/C13H16O3/c1-3-16-10(2)12(9-13(14)15)11-7-5-4-6-8-11/h4-10H,3H2,1-2H3,(H,14,15)/b12-9+. The van der Waals surface area contributed by atoms with Crippen molar-refractivity contribution in [2.45, 2.75) is 20.0 Å². The molecule has 1 N–H and O–H groups in total.